The van der Waals surface area contributed by atoms with Crippen molar-refractivity contribution in [1.29, 1.82) is 0 Å². The molecule has 1 saturated carbocycles. The summed E-state index contributed by atoms with van der Waals surface area (Å²) in [4.78, 5) is 12.2. The third kappa shape index (κ3) is 3.11. The number of nitrogens with zero attached hydrogens (tertiary/aromatic N) is 3. The van der Waals surface area contributed by atoms with Crippen LogP contribution in [0.1, 0.15) is 24.1 Å². The Labute approximate surface area is 130 Å². The van der Waals surface area contributed by atoms with E-state index >= 15 is 0 Å². The molecule has 0 radical (unpaired) electrons. The van der Waals surface area contributed by atoms with Gasteiger partial charge in [0.05, 0.1) is 5.69 Å². The molecule has 0 spiro atoms. The SMILES string of the molecule is C1Cc2nc(NC3CC3)nc(N3CCSCC3)c2CCN1. The van der Waals surface area contributed by atoms with Crippen molar-refractivity contribution < 1.29 is 0 Å². The second kappa shape index (κ2) is 6.01. The van der Waals surface area contributed by atoms with Gasteiger partial charge in [-0.2, -0.15) is 16.7 Å². The van der Waals surface area contributed by atoms with Gasteiger partial charge in [0.25, 0.3) is 0 Å². The molecule has 6 heteroatoms. The van der Waals surface area contributed by atoms with E-state index in [-0.39, 0.29) is 0 Å². The van der Waals surface area contributed by atoms with Gasteiger partial charge in [-0.25, -0.2) is 4.98 Å². The lowest BCUT2D eigenvalue weighted by Crippen LogP contribution is -2.34. The van der Waals surface area contributed by atoms with E-state index in [9.17, 15) is 0 Å². The fourth-order valence-corrected chi connectivity index (χ4v) is 3.94. The highest BCUT2D eigenvalue weighted by Crippen LogP contribution is 2.29. The van der Waals surface area contributed by atoms with Gasteiger partial charge in [-0.05, 0) is 25.8 Å². The van der Waals surface area contributed by atoms with E-state index in [2.05, 4.69) is 15.5 Å². The molecular formula is C15H23N5S. The van der Waals surface area contributed by atoms with Crippen molar-refractivity contribution in [2.75, 3.05) is 47.9 Å². The highest BCUT2D eigenvalue weighted by atomic mass is 32.2. The van der Waals surface area contributed by atoms with E-state index < -0.39 is 0 Å². The fraction of sp³-hybridized carbons (Fsp3) is 0.733. The van der Waals surface area contributed by atoms with Gasteiger partial charge in [-0.3, -0.25) is 0 Å². The predicted molar refractivity (Wildman–Crippen MR) is 88.5 cm³/mol. The molecule has 1 aliphatic carbocycles. The zero-order chi connectivity index (χ0) is 14.1. The van der Waals surface area contributed by atoms with Crippen molar-refractivity contribution in [3.63, 3.8) is 0 Å². The lowest BCUT2D eigenvalue weighted by atomic mass is 10.1. The fourth-order valence-electron chi connectivity index (χ4n) is 3.04. The summed E-state index contributed by atoms with van der Waals surface area (Å²) in [5.74, 6) is 4.48. The summed E-state index contributed by atoms with van der Waals surface area (Å²) in [7, 11) is 0. The Morgan fingerprint density at radius 1 is 1.10 bits per heavy atom. The Kier molecular flexibility index (Phi) is 3.90. The Morgan fingerprint density at radius 3 is 2.71 bits per heavy atom. The van der Waals surface area contributed by atoms with E-state index in [0.29, 0.717) is 6.04 Å². The molecule has 3 heterocycles. The van der Waals surface area contributed by atoms with Crippen molar-refractivity contribution in [3.05, 3.63) is 11.3 Å². The summed E-state index contributed by atoms with van der Waals surface area (Å²) in [6.07, 6.45) is 4.60. The smallest absolute Gasteiger partial charge is 0.225 e. The highest BCUT2D eigenvalue weighted by Gasteiger charge is 2.25. The molecule has 114 valence electrons. The lowest BCUT2D eigenvalue weighted by Gasteiger charge is -2.30. The molecule has 5 nitrogen and oxygen atoms in total. The van der Waals surface area contributed by atoms with Gasteiger partial charge in [0, 0.05) is 49.2 Å². The first-order valence-corrected chi connectivity index (χ1v) is 9.25. The normalized spacial score (nSPS) is 22.6. The van der Waals surface area contributed by atoms with Crippen molar-refractivity contribution in [1.82, 2.24) is 15.3 Å². The average Bonchev–Trinajstić information content (AvgIpc) is 3.34. The standard InChI is InChI=1S/C15H23N5S/c1-2-11(1)17-15-18-13-4-6-16-5-3-12(13)14(19-15)20-7-9-21-10-8-20/h11,16H,1-10H2,(H,17,18,19). The zero-order valence-corrected chi connectivity index (χ0v) is 13.2. The van der Waals surface area contributed by atoms with Crippen LogP contribution in [-0.4, -0.2) is 53.7 Å². The summed E-state index contributed by atoms with van der Waals surface area (Å²) in [5.41, 5.74) is 2.64. The quantitative estimate of drug-likeness (QED) is 0.878. The topological polar surface area (TPSA) is 53.1 Å². The van der Waals surface area contributed by atoms with Gasteiger partial charge in [-0.15, -0.1) is 0 Å². The molecule has 4 rings (SSSR count). The molecule has 21 heavy (non-hydrogen) atoms. The minimum atomic E-state index is 0.608. The Morgan fingerprint density at radius 2 is 1.90 bits per heavy atom. The predicted octanol–water partition coefficient (Wildman–Crippen LogP) is 1.29. The third-order valence-corrected chi connectivity index (χ3v) is 5.32. The van der Waals surface area contributed by atoms with E-state index in [0.717, 1.165) is 45.0 Å². The van der Waals surface area contributed by atoms with Crippen LogP contribution in [0, 0.1) is 0 Å². The van der Waals surface area contributed by atoms with Gasteiger partial charge < -0.3 is 15.5 Å². The highest BCUT2D eigenvalue weighted by molar-refractivity contribution is 7.99. The summed E-state index contributed by atoms with van der Waals surface area (Å²) in [5, 5.41) is 6.98. The number of aromatic nitrogens is 2. The zero-order valence-electron chi connectivity index (χ0n) is 12.4. The van der Waals surface area contributed by atoms with Crippen LogP contribution in [0.5, 0.6) is 0 Å². The minimum absolute atomic E-state index is 0.608. The van der Waals surface area contributed by atoms with Gasteiger partial charge in [0.2, 0.25) is 5.95 Å². The van der Waals surface area contributed by atoms with E-state index in [4.69, 9.17) is 9.97 Å². The summed E-state index contributed by atoms with van der Waals surface area (Å²) < 4.78 is 0. The molecule has 0 bridgehead atoms. The second-order valence-electron chi connectivity index (χ2n) is 6.06. The first kappa shape index (κ1) is 13.6. The third-order valence-electron chi connectivity index (χ3n) is 4.38. The monoisotopic (exact) mass is 305 g/mol. The molecule has 0 aromatic carbocycles. The van der Waals surface area contributed by atoms with Crippen LogP contribution in [0.3, 0.4) is 0 Å². The number of fused-ring (bicyclic) bond motifs is 1. The molecule has 1 aromatic heterocycles. The van der Waals surface area contributed by atoms with Crippen molar-refractivity contribution >= 4 is 23.5 Å². The first-order chi connectivity index (χ1) is 10.4. The van der Waals surface area contributed by atoms with Gasteiger partial charge in [-0.1, -0.05) is 0 Å². The van der Waals surface area contributed by atoms with Crippen molar-refractivity contribution in [2.45, 2.75) is 31.7 Å². The Hall–Kier alpha value is -1.01. The number of anilines is 2. The molecule has 3 aliphatic rings. The Balaban J connectivity index is 1.69. The number of rotatable bonds is 3. The van der Waals surface area contributed by atoms with Crippen LogP contribution in [0.2, 0.25) is 0 Å². The van der Waals surface area contributed by atoms with Gasteiger partial charge in [0.15, 0.2) is 0 Å². The minimum Gasteiger partial charge on any atom is -0.355 e. The van der Waals surface area contributed by atoms with Gasteiger partial charge >= 0.3 is 0 Å². The molecule has 1 aromatic rings. The molecule has 0 amide bonds. The van der Waals surface area contributed by atoms with Crippen LogP contribution in [0.25, 0.3) is 0 Å². The summed E-state index contributed by atoms with van der Waals surface area (Å²) in [6.45, 7) is 4.30. The molecule has 0 atom stereocenters. The number of nitrogens with one attached hydrogen (secondary N) is 2. The van der Waals surface area contributed by atoms with Crippen LogP contribution in [0.4, 0.5) is 11.8 Å². The Bertz CT molecular complexity index is 511. The molecule has 2 aliphatic heterocycles. The second-order valence-corrected chi connectivity index (χ2v) is 7.29. The number of thioether (sulfide) groups is 1. The van der Waals surface area contributed by atoms with Crippen molar-refractivity contribution in [2.24, 2.45) is 0 Å². The molecular weight excluding hydrogens is 282 g/mol. The van der Waals surface area contributed by atoms with Crippen LogP contribution < -0.4 is 15.5 Å². The van der Waals surface area contributed by atoms with Crippen LogP contribution in [-0.2, 0) is 12.8 Å². The lowest BCUT2D eigenvalue weighted by molar-refractivity contribution is 0.708. The number of hydrogen-bond acceptors (Lipinski definition) is 6. The van der Waals surface area contributed by atoms with Crippen LogP contribution in [0.15, 0.2) is 0 Å². The average molecular weight is 305 g/mol. The van der Waals surface area contributed by atoms with Crippen LogP contribution >= 0.6 is 11.8 Å². The van der Waals surface area contributed by atoms with Gasteiger partial charge in [0.1, 0.15) is 5.82 Å². The number of hydrogen-bond donors (Lipinski definition) is 2. The maximum absolute atomic E-state index is 4.90. The first-order valence-electron chi connectivity index (χ1n) is 8.10. The van der Waals surface area contributed by atoms with E-state index in [1.165, 1.54) is 41.4 Å². The summed E-state index contributed by atoms with van der Waals surface area (Å²) >= 11 is 2.05. The summed E-state index contributed by atoms with van der Waals surface area (Å²) in [6, 6.07) is 0.608. The molecule has 1 saturated heterocycles. The van der Waals surface area contributed by atoms with E-state index in [1.54, 1.807) is 0 Å². The molecule has 0 unspecified atom stereocenters. The van der Waals surface area contributed by atoms with Crippen molar-refractivity contribution in [3.8, 4) is 0 Å². The van der Waals surface area contributed by atoms with E-state index in [1.807, 2.05) is 11.8 Å². The maximum atomic E-state index is 4.90. The maximum Gasteiger partial charge on any atom is 0.225 e. The molecule has 2 N–H and O–H groups in total. The largest absolute Gasteiger partial charge is 0.355 e. The molecule has 2 fully saturated rings.